The van der Waals surface area contributed by atoms with Gasteiger partial charge in [-0.15, -0.1) is 0 Å². The largest absolute Gasteiger partial charge is 0.344 e. The van der Waals surface area contributed by atoms with Gasteiger partial charge in [0.05, 0.1) is 0 Å². The standard InChI is InChI=1S/C19H28N4O2/c1-21(15-16-5-3-2-4-6-16)9-10-22-11-13-23(14-12-22)19(25)17-7-8-18(24)20-17/h2-6,17H,7-15H2,1H3,(H,20,24)/t17-/m1/s1. The van der Waals surface area contributed by atoms with Crippen LogP contribution in [0.3, 0.4) is 0 Å². The molecule has 0 aromatic heterocycles. The molecule has 6 nitrogen and oxygen atoms in total. The third kappa shape index (κ3) is 5.03. The Morgan fingerprint density at radius 2 is 1.92 bits per heavy atom. The van der Waals surface area contributed by atoms with Gasteiger partial charge in [-0.05, 0) is 19.0 Å². The first-order chi connectivity index (χ1) is 12.1. The summed E-state index contributed by atoms with van der Waals surface area (Å²) in [6.45, 7) is 6.33. The van der Waals surface area contributed by atoms with E-state index in [0.29, 0.717) is 12.8 Å². The summed E-state index contributed by atoms with van der Waals surface area (Å²) in [6.07, 6.45) is 1.12. The number of likely N-dealkylation sites (N-methyl/N-ethyl adjacent to an activating group) is 1. The highest BCUT2D eigenvalue weighted by atomic mass is 16.2. The number of hydrogen-bond acceptors (Lipinski definition) is 4. The molecule has 1 aromatic carbocycles. The predicted molar refractivity (Wildman–Crippen MR) is 97.0 cm³/mol. The summed E-state index contributed by atoms with van der Waals surface area (Å²) < 4.78 is 0. The number of nitrogens with one attached hydrogen (secondary N) is 1. The van der Waals surface area contributed by atoms with Crippen LogP contribution in [-0.4, -0.2) is 78.9 Å². The quantitative estimate of drug-likeness (QED) is 0.818. The smallest absolute Gasteiger partial charge is 0.245 e. The summed E-state index contributed by atoms with van der Waals surface area (Å²) in [7, 11) is 2.15. The molecule has 0 aliphatic carbocycles. The minimum absolute atomic E-state index is 0.00145. The van der Waals surface area contributed by atoms with Crippen LogP contribution in [0.1, 0.15) is 18.4 Å². The van der Waals surface area contributed by atoms with E-state index >= 15 is 0 Å². The molecule has 2 amide bonds. The van der Waals surface area contributed by atoms with Gasteiger partial charge in [0.1, 0.15) is 6.04 Å². The fourth-order valence-corrected chi connectivity index (χ4v) is 3.50. The van der Waals surface area contributed by atoms with Crippen LogP contribution in [-0.2, 0) is 16.1 Å². The van der Waals surface area contributed by atoms with Gasteiger partial charge in [-0.2, -0.15) is 0 Å². The molecule has 0 saturated carbocycles. The van der Waals surface area contributed by atoms with Crippen molar-refractivity contribution in [1.82, 2.24) is 20.0 Å². The molecular weight excluding hydrogens is 316 g/mol. The summed E-state index contributed by atoms with van der Waals surface area (Å²) >= 11 is 0. The summed E-state index contributed by atoms with van der Waals surface area (Å²) in [5.74, 6) is 0.0881. The van der Waals surface area contributed by atoms with Crippen molar-refractivity contribution in [3.63, 3.8) is 0 Å². The van der Waals surface area contributed by atoms with Crippen molar-refractivity contribution in [1.29, 1.82) is 0 Å². The van der Waals surface area contributed by atoms with Gasteiger partial charge in [-0.1, -0.05) is 30.3 Å². The fraction of sp³-hybridized carbons (Fsp3) is 0.579. The molecule has 0 spiro atoms. The zero-order chi connectivity index (χ0) is 17.6. The number of piperazine rings is 1. The van der Waals surface area contributed by atoms with Crippen LogP contribution in [0.4, 0.5) is 0 Å². The number of carbonyl (C=O) groups is 2. The Balaban J connectivity index is 1.36. The molecule has 2 fully saturated rings. The first-order valence-electron chi connectivity index (χ1n) is 9.15. The summed E-state index contributed by atoms with van der Waals surface area (Å²) in [5, 5.41) is 2.77. The van der Waals surface area contributed by atoms with Gasteiger partial charge < -0.3 is 15.1 Å². The Bertz CT molecular complexity index is 584. The average Bonchev–Trinajstić information content (AvgIpc) is 3.07. The van der Waals surface area contributed by atoms with Gasteiger partial charge in [-0.25, -0.2) is 0 Å². The molecule has 1 N–H and O–H groups in total. The molecule has 136 valence electrons. The lowest BCUT2D eigenvalue weighted by Gasteiger charge is -2.36. The number of benzene rings is 1. The monoisotopic (exact) mass is 344 g/mol. The minimum atomic E-state index is -0.295. The van der Waals surface area contributed by atoms with E-state index in [1.807, 2.05) is 11.0 Å². The molecule has 0 unspecified atom stereocenters. The number of nitrogens with zero attached hydrogens (tertiary/aromatic N) is 3. The van der Waals surface area contributed by atoms with E-state index in [1.165, 1.54) is 5.56 Å². The van der Waals surface area contributed by atoms with Crippen LogP contribution in [0.5, 0.6) is 0 Å². The number of carbonyl (C=O) groups excluding carboxylic acids is 2. The van der Waals surface area contributed by atoms with Crippen LogP contribution < -0.4 is 5.32 Å². The van der Waals surface area contributed by atoms with Crippen molar-refractivity contribution in [2.75, 3.05) is 46.3 Å². The van der Waals surface area contributed by atoms with Gasteiger partial charge in [0.25, 0.3) is 0 Å². The maximum atomic E-state index is 12.4. The lowest BCUT2D eigenvalue weighted by molar-refractivity contribution is -0.136. The second-order valence-electron chi connectivity index (χ2n) is 7.05. The van der Waals surface area contributed by atoms with Crippen molar-refractivity contribution in [3.8, 4) is 0 Å². The number of rotatable bonds is 6. The third-order valence-electron chi connectivity index (χ3n) is 5.07. The summed E-state index contributed by atoms with van der Waals surface area (Å²) in [5.41, 5.74) is 1.33. The number of amides is 2. The molecular formula is C19H28N4O2. The van der Waals surface area contributed by atoms with Crippen molar-refractivity contribution in [2.45, 2.75) is 25.4 Å². The van der Waals surface area contributed by atoms with E-state index in [4.69, 9.17) is 0 Å². The second-order valence-corrected chi connectivity index (χ2v) is 7.05. The van der Waals surface area contributed by atoms with Crippen molar-refractivity contribution in [2.24, 2.45) is 0 Å². The molecule has 2 saturated heterocycles. The van der Waals surface area contributed by atoms with Crippen LogP contribution in [0.25, 0.3) is 0 Å². The van der Waals surface area contributed by atoms with Gasteiger partial charge in [0, 0.05) is 52.2 Å². The lowest BCUT2D eigenvalue weighted by atomic mass is 10.2. The van der Waals surface area contributed by atoms with Crippen LogP contribution >= 0.6 is 0 Å². The third-order valence-corrected chi connectivity index (χ3v) is 5.07. The van der Waals surface area contributed by atoms with Crippen molar-refractivity contribution >= 4 is 11.8 Å². The number of hydrogen-bond donors (Lipinski definition) is 1. The topological polar surface area (TPSA) is 55.9 Å². The molecule has 2 aliphatic heterocycles. The Morgan fingerprint density at radius 3 is 2.56 bits per heavy atom. The molecule has 0 radical (unpaired) electrons. The lowest BCUT2D eigenvalue weighted by Crippen LogP contribution is -2.54. The van der Waals surface area contributed by atoms with Crippen LogP contribution in [0, 0.1) is 0 Å². The average molecular weight is 344 g/mol. The Morgan fingerprint density at radius 1 is 1.20 bits per heavy atom. The highest BCUT2D eigenvalue weighted by molar-refractivity contribution is 5.90. The minimum Gasteiger partial charge on any atom is -0.344 e. The van der Waals surface area contributed by atoms with E-state index in [9.17, 15) is 9.59 Å². The van der Waals surface area contributed by atoms with Crippen LogP contribution in [0.15, 0.2) is 30.3 Å². The summed E-state index contributed by atoms with van der Waals surface area (Å²) in [6, 6.07) is 10.2. The van der Waals surface area contributed by atoms with Crippen LogP contribution in [0.2, 0.25) is 0 Å². The molecule has 2 heterocycles. The Hall–Kier alpha value is -1.92. The van der Waals surface area contributed by atoms with E-state index in [-0.39, 0.29) is 17.9 Å². The van der Waals surface area contributed by atoms with Crippen molar-refractivity contribution in [3.05, 3.63) is 35.9 Å². The van der Waals surface area contributed by atoms with E-state index in [1.54, 1.807) is 0 Å². The van der Waals surface area contributed by atoms with E-state index < -0.39 is 0 Å². The van der Waals surface area contributed by atoms with E-state index in [2.05, 4.69) is 46.4 Å². The molecule has 1 aromatic rings. The van der Waals surface area contributed by atoms with Gasteiger partial charge in [0.15, 0.2) is 0 Å². The first-order valence-corrected chi connectivity index (χ1v) is 9.15. The zero-order valence-electron chi connectivity index (χ0n) is 15.0. The van der Waals surface area contributed by atoms with Crippen molar-refractivity contribution < 1.29 is 9.59 Å². The molecule has 3 rings (SSSR count). The van der Waals surface area contributed by atoms with E-state index in [0.717, 1.165) is 45.8 Å². The first kappa shape index (κ1) is 17.9. The molecule has 0 bridgehead atoms. The highest BCUT2D eigenvalue weighted by Crippen LogP contribution is 2.12. The molecule has 6 heteroatoms. The summed E-state index contributed by atoms with van der Waals surface area (Å²) in [4.78, 5) is 30.3. The molecule has 2 aliphatic rings. The maximum Gasteiger partial charge on any atom is 0.245 e. The molecule has 25 heavy (non-hydrogen) atoms. The second kappa shape index (κ2) is 8.45. The molecule has 1 atom stereocenters. The highest BCUT2D eigenvalue weighted by Gasteiger charge is 2.32. The Kier molecular flexibility index (Phi) is 6.04. The SMILES string of the molecule is CN(CCN1CCN(C(=O)[C@H]2CCC(=O)N2)CC1)Cc1ccccc1. The fourth-order valence-electron chi connectivity index (χ4n) is 3.50. The van der Waals surface area contributed by atoms with Gasteiger partial charge >= 0.3 is 0 Å². The zero-order valence-corrected chi connectivity index (χ0v) is 15.0. The predicted octanol–water partition coefficient (Wildman–Crippen LogP) is 0.541. The maximum absolute atomic E-state index is 12.4. The normalized spacial score (nSPS) is 21.6. The van der Waals surface area contributed by atoms with Gasteiger partial charge in [0.2, 0.25) is 11.8 Å². The Labute approximate surface area is 149 Å². The van der Waals surface area contributed by atoms with Gasteiger partial charge in [-0.3, -0.25) is 14.5 Å².